The highest BCUT2D eigenvalue weighted by Gasteiger charge is 2.31. The normalized spacial score (nSPS) is 19.1. The van der Waals surface area contributed by atoms with Crippen molar-refractivity contribution in [3.8, 4) is 0 Å². The third-order valence-corrected chi connectivity index (χ3v) is 4.58. The van der Waals surface area contributed by atoms with Gasteiger partial charge in [0.1, 0.15) is 6.61 Å². The molecule has 3 rings (SSSR count). The van der Waals surface area contributed by atoms with Crippen LogP contribution >= 0.6 is 0 Å². The molecule has 1 aromatic rings. The van der Waals surface area contributed by atoms with Crippen molar-refractivity contribution in [1.29, 1.82) is 0 Å². The van der Waals surface area contributed by atoms with E-state index in [9.17, 15) is 9.59 Å². The topological polar surface area (TPSA) is 78.5 Å². The first-order valence-electron chi connectivity index (χ1n) is 7.75. The van der Waals surface area contributed by atoms with E-state index < -0.39 is 0 Å². The average Bonchev–Trinajstić information content (AvgIpc) is 3.02. The number of likely N-dealkylation sites (tertiary alicyclic amines) is 1. The molecule has 0 spiro atoms. The summed E-state index contributed by atoms with van der Waals surface area (Å²) in [6.07, 6.45) is 4.12. The van der Waals surface area contributed by atoms with Crippen molar-refractivity contribution >= 4 is 11.8 Å². The number of hydrogen-bond acceptors (Lipinski definition) is 4. The van der Waals surface area contributed by atoms with Crippen LogP contribution in [-0.2, 0) is 27.3 Å². The molecule has 2 aliphatic rings. The van der Waals surface area contributed by atoms with Gasteiger partial charge in [-0.05, 0) is 12.8 Å². The first-order valence-corrected chi connectivity index (χ1v) is 7.75. The number of methoxy groups -OCH3 is 1. The van der Waals surface area contributed by atoms with Gasteiger partial charge in [0.25, 0.3) is 0 Å². The molecule has 22 heavy (non-hydrogen) atoms. The molecule has 1 aromatic heterocycles. The molecule has 0 aromatic carbocycles. The maximum Gasteiger partial charge on any atom is 0.248 e. The molecule has 0 saturated carbocycles. The maximum atomic E-state index is 12.7. The molecule has 7 heteroatoms. The fourth-order valence-electron chi connectivity index (χ4n) is 3.26. The molecular weight excluding hydrogens is 284 g/mol. The highest BCUT2D eigenvalue weighted by Crippen LogP contribution is 2.23. The summed E-state index contributed by atoms with van der Waals surface area (Å²) in [4.78, 5) is 28.1. The summed E-state index contributed by atoms with van der Waals surface area (Å²) in [5.74, 6) is 0.250. The van der Waals surface area contributed by atoms with Crippen LogP contribution in [0.25, 0.3) is 0 Å². The fourth-order valence-corrected chi connectivity index (χ4v) is 3.26. The molecule has 0 bridgehead atoms. The highest BCUT2D eigenvalue weighted by atomic mass is 16.5. The number of H-pyrrole nitrogens is 1. The Balaban J connectivity index is 1.53. The molecule has 1 fully saturated rings. The lowest BCUT2D eigenvalue weighted by Crippen LogP contribution is -2.46. The van der Waals surface area contributed by atoms with Crippen molar-refractivity contribution in [2.75, 3.05) is 33.4 Å². The van der Waals surface area contributed by atoms with Crippen LogP contribution in [0.3, 0.4) is 0 Å². The van der Waals surface area contributed by atoms with Gasteiger partial charge in [-0.15, -0.1) is 0 Å². The Morgan fingerprint density at radius 1 is 1.32 bits per heavy atom. The lowest BCUT2D eigenvalue weighted by Gasteiger charge is -2.35. The molecule has 2 aliphatic heterocycles. The second-order valence-corrected chi connectivity index (χ2v) is 5.97. The van der Waals surface area contributed by atoms with Crippen LogP contribution < -0.4 is 0 Å². The fraction of sp³-hybridized carbons (Fsp3) is 0.667. The van der Waals surface area contributed by atoms with Gasteiger partial charge >= 0.3 is 0 Å². The van der Waals surface area contributed by atoms with E-state index in [2.05, 4.69) is 10.2 Å². The Morgan fingerprint density at radius 3 is 2.82 bits per heavy atom. The smallest absolute Gasteiger partial charge is 0.248 e. The van der Waals surface area contributed by atoms with Crippen LogP contribution in [0.4, 0.5) is 0 Å². The van der Waals surface area contributed by atoms with Crippen molar-refractivity contribution in [3.05, 3.63) is 17.5 Å². The summed E-state index contributed by atoms with van der Waals surface area (Å²) in [6, 6.07) is 0. The number of ether oxygens (including phenoxy) is 1. The maximum absolute atomic E-state index is 12.7. The van der Waals surface area contributed by atoms with Crippen molar-refractivity contribution in [3.63, 3.8) is 0 Å². The van der Waals surface area contributed by atoms with Gasteiger partial charge in [-0.2, -0.15) is 5.10 Å². The van der Waals surface area contributed by atoms with Crippen LogP contribution in [0, 0.1) is 5.92 Å². The van der Waals surface area contributed by atoms with Crippen LogP contribution in [0.2, 0.25) is 0 Å². The molecule has 0 unspecified atom stereocenters. The molecule has 2 amide bonds. The summed E-state index contributed by atoms with van der Waals surface area (Å²) >= 11 is 0. The number of piperidine rings is 1. The van der Waals surface area contributed by atoms with Gasteiger partial charge in [-0.3, -0.25) is 14.7 Å². The monoisotopic (exact) mass is 306 g/mol. The lowest BCUT2D eigenvalue weighted by molar-refractivity contribution is -0.142. The molecular formula is C15H22N4O3. The quantitative estimate of drug-likeness (QED) is 0.864. The molecule has 1 N–H and O–H groups in total. The van der Waals surface area contributed by atoms with Gasteiger partial charge in [0, 0.05) is 56.9 Å². The summed E-state index contributed by atoms with van der Waals surface area (Å²) in [5, 5.41) is 7.02. The number of nitrogens with one attached hydrogen (secondary N) is 1. The van der Waals surface area contributed by atoms with Crippen LogP contribution in [-0.4, -0.2) is 65.2 Å². The Labute approximate surface area is 129 Å². The molecule has 7 nitrogen and oxygen atoms in total. The summed E-state index contributed by atoms with van der Waals surface area (Å²) < 4.78 is 4.88. The Kier molecular flexibility index (Phi) is 4.42. The van der Waals surface area contributed by atoms with Crippen LogP contribution in [0.1, 0.15) is 24.1 Å². The molecule has 0 atom stereocenters. The molecule has 1 saturated heterocycles. The molecule has 0 aliphatic carbocycles. The molecule has 120 valence electrons. The van der Waals surface area contributed by atoms with E-state index >= 15 is 0 Å². The highest BCUT2D eigenvalue weighted by molar-refractivity contribution is 5.80. The SMILES string of the molecule is COCC(=O)N1CCC(C(=O)N2CCc3[nH]ncc3C2)CC1. The number of carbonyl (C=O) groups excluding carboxylic acids is 2. The number of hydrogen-bond donors (Lipinski definition) is 1. The standard InChI is InChI=1S/C15H22N4O3/c1-22-10-14(20)18-5-2-11(3-6-18)15(21)19-7-4-13-12(9-19)8-16-17-13/h8,11H,2-7,9-10H2,1H3,(H,16,17). The largest absolute Gasteiger partial charge is 0.375 e. The zero-order valence-corrected chi connectivity index (χ0v) is 12.9. The van der Waals surface area contributed by atoms with Gasteiger partial charge in [-0.25, -0.2) is 0 Å². The number of amides is 2. The van der Waals surface area contributed by atoms with Crippen molar-refractivity contribution in [1.82, 2.24) is 20.0 Å². The van der Waals surface area contributed by atoms with Gasteiger partial charge in [0.2, 0.25) is 11.8 Å². The van der Waals surface area contributed by atoms with E-state index in [1.165, 1.54) is 7.11 Å². The van der Waals surface area contributed by atoms with E-state index in [1.807, 2.05) is 4.90 Å². The van der Waals surface area contributed by atoms with Gasteiger partial charge in [0.05, 0.1) is 6.20 Å². The minimum atomic E-state index is 0.00871. The molecule has 0 radical (unpaired) electrons. The minimum Gasteiger partial charge on any atom is -0.375 e. The van der Waals surface area contributed by atoms with Crippen LogP contribution in [0.15, 0.2) is 6.20 Å². The second kappa shape index (κ2) is 6.48. The van der Waals surface area contributed by atoms with Crippen molar-refractivity contribution in [2.24, 2.45) is 5.92 Å². The van der Waals surface area contributed by atoms with Crippen molar-refractivity contribution in [2.45, 2.75) is 25.8 Å². The molecule has 3 heterocycles. The van der Waals surface area contributed by atoms with E-state index in [1.54, 1.807) is 11.1 Å². The number of aromatic amines is 1. The van der Waals surface area contributed by atoms with Crippen LogP contribution in [0.5, 0.6) is 0 Å². The van der Waals surface area contributed by atoms with Gasteiger partial charge in [0.15, 0.2) is 0 Å². The summed E-state index contributed by atoms with van der Waals surface area (Å²) in [5.41, 5.74) is 2.26. The van der Waals surface area contributed by atoms with Gasteiger partial charge < -0.3 is 14.5 Å². The predicted octanol–water partition coefficient (Wildman–Crippen LogP) is 0.179. The summed E-state index contributed by atoms with van der Waals surface area (Å²) in [7, 11) is 1.52. The lowest BCUT2D eigenvalue weighted by atomic mass is 9.94. The van der Waals surface area contributed by atoms with Crippen molar-refractivity contribution < 1.29 is 14.3 Å². The Bertz CT molecular complexity index is 549. The minimum absolute atomic E-state index is 0.00871. The number of nitrogens with zero attached hydrogens (tertiary/aromatic N) is 3. The van der Waals surface area contributed by atoms with E-state index in [-0.39, 0.29) is 24.3 Å². The third-order valence-electron chi connectivity index (χ3n) is 4.58. The van der Waals surface area contributed by atoms with Gasteiger partial charge in [-0.1, -0.05) is 0 Å². The third kappa shape index (κ3) is 2.99. The second-order valence-electron chi connectivity index (χ2n) is 5.97. The number of aromatic nitrogens is 2. The number of fused-ring (bicyclic) bond motifs is 1. The number of carbonyl (C=O) groups is 2. The summed E-state index contributed by atoms with van der Waals surface area (Å²) in [6.45, 7) is 2.80. The van der Waals surface area contributed by atoms with E-state index in [0.717, 1.165) is 37.1 Å². The zero-order valence-electron chi connectivity index (χ0n) is 12.9. The first-order chi connectivity index (χ1) is 10.7. The van der Waals surface area contributed by atoms with E-state index in [0.29, 0.717) is 19.6 Å². The van der Waals surface area contributed by atoms with E-state index in [4.69, 9.17) is 4.74 Å². The Morgan fingerprint density at radius 2 is 2.09 bits per heavy atom. The Hall–Kier alpha value is -1.89. The average molecular weight is 306 g/mol. The first kappa shape index (κ1) is 15.0. The zero-order chi connectivity index (χ0) is 15.5. The predicted molar refractivity (Wildman–Crippen MR) is 78.9 cm³/mol. The number of rotatable bonds is 3.